The number of rotatable bonds is 7. The Kier molecular flexibility index (Phi) is 9.18. The van der Waals surface area contributed by atoms with Gasteiger partial charge in [0, 0.05) is 32.7 Å². The number of urea groups is 1. The van der Waals surface area contributed by atoms with Crippen LogP contribution in [0.25, 0.3) is 5.57 Å². The second-order valence-electron chi connectivity index (χ2n) is 9.80. The second-order valence-corrected chi connectivity index (χ2v) is 9.80. The molecule has 3 aliphatic heterocycles. The van der Waals surface area contributed by atoms with Crippen molar-refractivity contribution in [2.45, 2.75) is 38.3 Å². The Hall–Kier alpha value is -2.52. The van der Waals surface area contributed by atoms with E-state index in [4.69, 9.17) is 0 Å². The minimum Gasteiger partial charge on any atom is -0.395 e. The highest BCUT2D eigenvalue weighted by Crippen LogP contribution is 2.33. The third-order valence-corrected chi connectivity index (χ3v) is 7.63. The first-order valence-electron chi connectivity index (χ1n) is 13.0. The van der Waals surface area contributed by atoms with Gasteiger partial charge in [0.05, 0.1) is 13.2 Å². The zero-order valence-corrected chi connectivity index (χ0v) is 21.8. The van der Waals surface area contributed by atoms with Gasteiger partial charge in [-0.15, -0.1) is 12.4 Å². The molecule has 1 N–H and O–H groups in total. The van der Waals surface area contributed by atoms with E-state index >= 15 is 0 Å². The molecule has 2 amide bonds. The maximum atomic E-state index is 13.6. The van der Waals surface area contributed by atoms with Crippen LogP contribution in [0.3, 0.4) is 0 Å². The fourth-order valence-corrected chi connectivity index (χ4v) is 5.80. The first kappa shape index (κ1) is 27.5. The lowest BCUT2D eigenvalue weighted by molar-refractivity contribution is -0.0225. The summed E-state index contributed by atoms with van der Waals surface area (Å²) in [6.45, 7) is 4.37. The van der Waals surface area contributed by atoms with Gasteiger partial charge in [-0.1, -0.05) is 29.8 Å². The molecular weight excluding hydrogens is 498 g/mol. The Bertz CT molecular complexity index is 1040. The SMILES string of the molecule is Cl.O=C1N2CCCCC2N(CCO)N1CCN1CCC(=C(c2ccc(F)cc2)c2ccc(F)cc2)CC1. The number of fused-ring (bicyclic) bond motifs is 1. The van der Waals surface area contributed by atoms with Crippen LogP contribution in [0.15, 0.2) is 54.1 Å². The van der Waals surface area contributed by atoms with E-state index in [1.165, 1.54) is 29.8 Å². The molecule has 2 aromatic carbocycles. The highest BCUT2D eigenvalue weighted by atomic mass is 35.5. The molecule has 3 aliphatic rings. The molecule has 0 bridgehead atoms. The summed E-state index contributed by atoms with van der Waals surface area (Å²) in [6.07, 6.45) is 4.88. The Morgan fingerprint density at radius 3 is 2.00 bits per heavy atom. The number of likely N-dealkylation sites (tertiary alicyclic amines) is 1. The normalized spacial score (nSPS) is 20.7. The predicted octanol–water partition coefficient (Wildman–Crippen LogP) is 4.74. The first-order valence-corrected chi connectivity index (χ1v) is 13.0. The zero-order chi connectivity index (χ0) is 25.1. The van der Waals surface area contributed by atoms with Gasteiger partial charge in [0.15, 0.2) is 0 Å². The van der Waals surface area contributed by atoms with Gasteiger partial charge in [-0.3, -0.25) is 5.01 Å². The van der Waals surface area contributed by atoms with Crippen LogP contribution in [0.2, 0.25) is 0 Å². The van der Waals surface area contributed by atoms with Gasteiger partial charge in [-0.05, 0) is 73.1 Å². The van der Waals surface area contributed by atoms with E-state index in [0.29, 0.717) is 13.1 Å². The summed E-state index contributed by atoms with van der Waals surface area (Å²) in [5.74, 6) is -0.556. The molecule has 1 unspecified atom stereocenters. The van der Waals surface area contributed by atoms with Crippen molar-refractivity contribution in [2.24, 2.45) is 0 Å². The molecule has 37 heavy (non-hydrogen) atoms. The van der Waals surface area contributed by atoms with Crippen molar-refractivity contribution in [1.29, 1.82) is 0 Å². The first-order chi connectivity index (χ1) is 17.5. The number of hydrogen-bond donors (Lipinski definition) is 1. The van der Waals surface area contributed by atoms with E-state index in [2.05, 4.69) is 9.91 Å². The predicted molar refractivity (Wildman–Crippen MR) is 142 cm³/mol. The van der Waals surface area contributed by atoms with Crippen LogP contribution < -0.4 is 0 Å². The average molecular weight is 533 g/mol. The Labute approximate surface area is 223 Å². The molecule has 0 radical (unpaired) electrons. The molecule has 0 saturated carbocycles. The molecule has 1 atom stereocenters. The number of nitrogens with zero attached hydrogens (tertiary/aromatic N) is 4. The van der Waals surface area contributed by atoms with E-state index in [0.717, 1.165) is 75.0 Å². The van der Waals surface area contributed by atoms with Gasteiger partial charge in [-0.25, -0.2) is 13.6 Å². The van der Waals surface area contributed by atoms with Crippen LogP contribution >= 0.6 is 12.4 Å². The minimum atomic E-state index is -0.278. The molecule has 0 spiro atoms. The molecular formula is C28H35ClF2N4O2. The average Bonchev–Trinajstić information content (AvgIpc) is 3.17. The van der Waals surface area contributed by atoms with Crippen LogP contribution in [0.4, 0.5) is 13.6 Å². The number of benzene rings is 2. The lowest BCUT2D eigenvalue weighted by Crippen LogP contribution is -2.48. The van der Waals surface area contributed by atoms with Gasteiger partial charge < -0.3 is 14.9 Å². The summed E-state index contributed by atoms with van der Waals surface area (Å²) in [5.41, 5.74) is 4.20. The van der Waals surface area contributed by atoms with Crippen molar-refractivity contribution >= 4 is 24.0 Å². The molecule has 6 nitrogen and oxygen atoms in total. The summed E-state index contributed by atoms with van der Waals surface area (Å²) in [7, 11) is 0. The molecule has 0 aliphatic carbocycles. The monoisotopic (exact) mass is 532 g/mol. The van der Waals surface area contributed by atoms with Gasteiger partial charge >= 0.3 is 6.03 Å². The number of aliphatic hydroxyl groups excluding tert-OH is 1. The number of hydrazine groups is 1. The summed E-state index contributed by atoms with van der Waals surface area (Å²) in [6, 6.07) is 13.1. The summed E-state index contributed by atoms with van der Waals surface area (Å²) in [5, 5.41) is 13.5. The van der Waals surface area contributed by atoms with Gasteiger partial charge in [0.2, 0.25) is 0 Å². The molecule has 2 aromatic rings. The highest BCUT2D eigenvalue weighted by molar-refractivity contribution is 5.85. The van der Waals surface area contributed by atoms with Gasteiger partial charge in [0.1, 0.15) is 17.8 Å². The lowest BCUT2D eigenvalue weighted by Gasteiger charge is -2.35. The topological polar surface area (TPSA) is 50.3 Å². The molecule has 3 fully saturated rings. The number of hydrogen-bond acceptors (Lipinski definition) is 4. The number of aliphatic hydroxyl groups is 1. The molecule has 3 heterocycles. The second kappa shape index (κ2) is 12.3. The van der Waals surface area contributed by atoms with E-state index in [-0.39, 0.29) is 42.8 Å². The van der Waals surface area contributed by atoms with Crippen LogP contribution in [0, 0.1) is 11.6 Å². The van der Waals surface area contributed by atoms with Crippen molar-refractivity contribution in [3.05, 3.63) is 76.9 Å². The Morgan fingerprint density at radius 2 is 1.43 bits per heavy atom. The fourth-order valence-electron chi connectivity index (χ4n) is 5.80. The van der Waals surface area contributed by atoms with Crippen LogP contribution in [-0.2, 0) is 0 Å². The standard InChI is InChI=1S/C28H34F2N4O2.ClH/c29-24-8-4-21(5-9-24)27(22-6-10-25(30)11-7-22)23-12-15-31(16-13-23)17-18-34-28(36)32-14-2-1-3-26(32)33(34)19-20-35;/h4-11,26,35H,1-3,12-20H2;1H. The molecule has 5 rings (SSSR count). The summed E-state index contributed by atoms with van der Waals surface area (Å²) in [4.78, 5) is 17.4. The molecule has 200 valence electrons. The third-order valence-electron chi connectivity index (χ3n) is 7.63. The highest BCUT2D eigenvalue weighted by Gasteiger charge is 2.44. The lowest BCUT2D eigenvalue weighted by atomic mass is 9.88. The van der Waals surface area contributed by atoms with E-state index in [1.807, 2.05) is 9.91 Å². The third kappa shape index (κ3) is 5.98. The van der Waals surface area contributed by atoms with Crippen molar-refractivity contribution < 1.29 is 18.7 Å². The number of carbonyl (C=O) groups excluding carboxylic acids is 1. The largest absolute Gasteiger partial charge is 0.395 e. The van der Waals surface area contributed by atoms with E-state index < -0.39 is 0 Å². The quantitative estimate of drug-likeness (QED) is 0.559. The maximum absolute atomic E-state index is 13.6. The van der Waals surface area contributed by atoms with Crippen molar-refractivity contribution in [1.82, 2.24) is 19.8 Å². The number of piperidine rings is 2. The van der Waals surface area contributed by atoms with E-state index in [1.54, 1.807) is 24.3 Å². The number of halogens is 3. The van der Waals surface area contributed by atoms with Crippen molar-refractivity contribution in [2.75, 3.05) is 45.9 Å². The molecule has 0 aromatic heterocycles. The van der Waals surface area contributed by atoms with Crippen LogP contribution in [0.5, 0.6) is 0 Å². The van der Waals surface area contributed by atoms with Crippen LogP contribution in [0.1, 0.15) is 43.2 Å². The number of carbonyl (C=O) groups is 1. The Morgan fingerprint density at radius 1 is 0.838 bits per heavy atom. The fraction of sp³-hybridized carbons (Fsp3) is 0.464. The Balaban J connectivity index is 0.00000320. The maximum Gasteiger partial charge on any atom is 0.335 e. The summed E-state index contributed by atoms with van der Waals surface area (Å²) >= 11 is 0. The number of β-amino-alcohol motifs (C(OH)–C–C–N with tert-alkyl or cyclic N) is 1. The molecule has 3 saturated heterocycles. The van der Waals surface area contributed by atoms with Gasteiger partial charge in [0.25, 0.3) is 0 Å². The van der Waals surface area contributed by atoms with Gasteiger partial charge in [-0.2, -0.15) is 5.01 Å². The minimum absolute atomic E-state index is 0. The molecule has 9 heteroatoms. The number of amides is 2. The van der Waals surface area contributed by atoms with Crippen molar-refractivity contribution in [3.8, 4) is 0 Å². The van der Waals surface area contributed by atoms with Crippen molar-refractivity contribution in [3.63, 3.8) is 0 Å². The van der Waals surface area contributed by atoms with Crippen LogP contribution in [-0.4, -0.2) is 83.0 Å². The smallest absolute Gasteiger partial charge is 0.335 e. The van der Waals surface area contributed by atoms with E-state index in [9.17, 15) is 18.7 Å². The zero-order valence-electron chi connectivity index (χ0n) is 21.0. The summed E-state index contributed by atoms with van der Waals surface area (Å²) < 4.78 is 27.2.